The van der Waals surface area contributed by atoms with Gasteiger partial charge in [-0.1, -0.05) is 24.6 Å². The number of nitrogens with zero attached hydrogens (tertiary/aromatic N) is 1. The molecule has 35 heavy (non-hydrogen) atoms. The van der Waals surface area contributed by atoms with Gasteiger partial charge in [0.05, 0.1) is 7.11 Å². The number of anilines is 1. The van der Waals surface area contributed by atoms with Crippen LogP contribution in [0.2, 0.25) is 0 Å². The smallest absolute Gasteiger partial charge is 0.321 e. The third kappa shape index (κ3) is 7.21. The number of carbonyl (C=O) groups is 3. The first-order valence-electron chi connectivity index (χ1n) is 12.2. The van der Waals surface area contributed by atoms with Gasteiger partial charge in [0.15, 0.2) is 0 Å². The summed E-state index contributed by atoms with van der Waals surface area (Å²) >= 11 is 0. The summed E-state index contributed by atoms with van der Waals surface area (Å²) in [7, 11) is 1.57. The van der Waals surface area contributed by atoms with Crippen LogP contribution in [0.3, 0.4) is 0 Å². The number of methoxy groups -OCH3 is 1. The van der Waals surface area contributed by atoms with E-state index in [9.17, 15) is 14.4 Å². The van der Waals surface area contributed by atoms with Gasteiger partial charge in [0, 0.05) is 30.4 Å². The number of nitrogens with one attached hydrogen (secondary N) is 3. The van der Waals surface area contributed by atoms with E-state index in [2.05, 4.69) is 16.0 Å². The topological polar surface area (TPSA) is 99.8 Å². The molecule has 3 N–H and O–H groups in total. The van der Waals surface area contributed by atoms with Crippen LogP contribution in [0.4, 0.5) is 10.5 Å². The number of likely N-dealkylation sites (tertiary alicyclic amines) is 1. The average Bonchev–Trinajstić information content (AvgIpc) is 2.88. The first kappa shape index (κ1) is 26.1. The molecule has 1 aliphatic heterocycles. The number of hydrogen-bond acceptors (Lipinski definition) is 4. The molecule has 3 rings (SSSR count). The van der Waals surface area contributed by atoms with Gasteiger partial charge in [0.1, 0.15) is 11.8 Å². The van der Waals surface area contributed by atoms with Crippen LogP contribution in [0.15, 0.2) is 48.5 Å². The summed E-state index contributed by atoms with van der Waals surface area (Å²) in [6, 6.07) is 13.6. The fourth-order valence-corrected chi connectivity index (χ4v) is 4.07. The van der Waals surface area contributed by atoms with Gasteiger partial charge in [0.2, 0.25) is 5.91 Å². The van der Waals surface area contributed by atoms with Crippen molar-refractivity contribution in [2.75, 3.05) is 25.5 Å². The SMILES string of the molecule is CC[C@@H](C)NC(=O)[C@H](NC(=O)c1ccc(OC)cc1)C1CCN(C(=O)Nc2ccc(C)cc2)CC1. The molecule has 0 saturated carbocycles. The van der Waals surface area contributed by atoms with E-state index in [0.717, 1.165) is 17.7 Å². The van der Waals surface area contributed by atoms with Crippen molar-refractivity contribution in [3.8, 4) is 5.75 Å². The van der Waals surface area contributed by atoms with E-state index in [1.807, 2.05) is 45.0 Å². The summed E-state index contributed by atoms with van der Waals surface area (Å²) in [5.41, 5.74) is 2.34. The Bertz CT molecular complexity index is 999. The molecule has 2 aromatic rings. The highest BCUT2D eigenvalue weighted by Crippen LogP contribution is 2.23. The largest absolute Gasteiger partial charge is 0.497 e. The monoisotopic (exact) mass is 480 g/mol. The molecule has 8 heteroatoms. The molecule has 1 aliphatic rings. The maximum Gasteiger partial charge on any atom is 0.321 e. The van der Waals surface area contributed by atoms with Gasteiger partial charge in [-0.25, -0.2) is 4.79 Å². The lowest BCUT2D eigenvalue weighted by Crippen LogP contribution is -2.55. The molecule has 0 radical (unpaired) electrons. The summed E-state index contributed by atoms with van der Waals surface area (Å²) < 4.78 is 5.16. The summed E-state index contributed by atoms with van der Waals surface area (Å²) in [4.78, 5) is 40.5. The van der Waals surface area contributed by atoms with Gasteiger partial charge in [-0.15, -0.1) is 0 Å². The summed E-state index contributed by atoms with van der Waals surface area (Å²) in [5.74, 6) is 0.0776. The van der Waals surface area contributed by atoms with Crippen molar-refractivity contribution >= 4 is 23.5 Å². The van der Waals surface area contributed by atoms with Crippen LogP contribution in [0.25, 0.3) is 0 Å². The predicted molar refractivity (Wildman–Crippen MR) is 137 cm³/mol. The number of amides is 4. The minimum Gasteiger partial charge on any atom is -0.497 e. The first-order chi connectivity index (χ1) is 16.8. The lowest BCUT2D eigenvalue weighted by Gasteiger charge is -2.36. The van der Waals surface area contributed by atoms with Crippen molar-refractivity contribution in [1.82, 2.24) is 15.5 Å². The van der Waals surface area contributed by atoms with E-state index in [1.165, 1.54) is 0 Å². The number of rotatable bonds is 8. The van der Waals surface area contributed by atoms with Crippen LogP contribution in [0, 0.1) is 12.8 Å². The number of carbonyl (C=O) groups excluding carboxylic acids is 3. The van der Waals surface area contributed by atoms with Crippen LogP contribution < -0.4 is 20.7 Å². The van der Waals surface area contributed by atoms with E-state index < -0.39 is 6.04 Å². The normalized spacial score (nSPS) is 15.6. The summed E-state index contributed by atoms with van der Waals surface area (Å²) in [5, 5.41) is 8.88. The van der Waals surface area contributed by atoms with E-state index in [1.54, 1.807) is 36.3 Å². The zero-order chi connectivity index (χ0) is 25.4. The molecular weight excluding hydrogens is 444 g/mol. The zero-order valence-electron chi connectivity index (χ0n) is 21.0. The van der Waals surface area contributed by atoms with Crippen LogP contribution in [0.1, 0.15) is 49.0 Å². The van der Waals surface area contributed by atoms with Crippen molar-refractivity contribution in [2.45, 2.75) is 52.1 Å². The molecule has 1 heterocycles. The van der Waals surface area contributed by atoms with Gasteiger partial charge in [-0.3, -0.25) is 9.59 Å². The maximum atomic E-state index is 13.1. The minimum absolute atomic E-state index is 0.00302. The van der Waals surface area contributed by atoms with Crippen LogP contribution in [-0.4, -0.2) is 55.0 Å². The first-order valence-corrected chi connectivity index (χ1v) is 12.2. The molecule has 2 aromatic carbocycles. The molecule has 188 valence electrons. The Kier molecular flexibility index (Phi) is 9.11. The number of aryl methyl sites for hydroxylation is 1. The van der Waals surface area contributed by atoms with Crippen LogP contribution in [0.5, 0.6) is 5.75 Å². The van der Waals surface area contributed by atoms with Crippen LogP contribution in [-0.2, 0) is 4.79 Å². The average molecular weight is 481 g/mol. The van der Waals surface area contributed by atoms with Gasteiger partial charge in [-0.2, -0.15) is 0 Å². The number of benzene rings is 2. The highest BCUT2D eigenvalue weighted by Gasteiger charge is 2.34. The zero-order valence-corrected chi connectivity index (χ0v) is 21.0. The van der Waals surface area contributed by atoms with Crippen molar-refractivity contribution in [1.29, 1.82) is 0 Å². The van der Waals surface area contributed by atoms with Gasteiger partial charge in [-0.05, 0) is 75.4 Å². The van der Waals surface area contributed by atoms with Gasteiger partial charge in [0.25, 0.3) is 5.91 Å². The highest BCUT2D eigenvalue weighted by molar-refractivity contribution is 5.97. The lowest BCUT2D eigenvalue weighted by molar-refractivity contribution is -0.125. The quantitative estimate of drug-likeness (QED) is 0.532. The van der Waals surface area contributed by atoms with Crippen molar-refractivity contribution < 1.29 is 19.1 Å². The summed E-state index contributed by atoms with van der Waals surface area (Å²) in [6.07, 6.45) is 2.02. The fourth-order valence-electron chi connectivity index (χ4n) is 4.07. The van der Waals surface area contributed by atoms with E-state index in [0.29, 0.717) is 37.2 Å². The number of piperidine rings is 1. The molecule has 0 spiro atoms. The molecule has 0 unspecified atom stereocenters. The molecule has 1 fully saturated rings. The minimum atomic E-state index is -0.680. The molecule has 0 aliphatic carbocycles. The number of urea groups is 1. The Morgan fingerprint density at radius 1 is 1.00 bits per heavy atom. The van der Waals surface area contributed by atoms with E-state index in [4.69, 9.17) is 4.74 Å². The molecular formula is C27H36N4O4. The molecule has 8 nitrogen and oxygen atoms in total. The summed E-state index contributed by atoms with van der Waals surface area (Å²) in [6.45, 7) is 6.96. The predicted octanol–water partition coefficient (Wildman–Crippen LogP) is 3.96. The van der Waals surface area contributed by atoms with Crippen molar-refractivity contribution in [3.63, 3.8) is 0 Å². The van der Waals surface area contributed by atoms with E-state index >= 15 is 0 Å². The molecule has 1 saturated heterocycles. The third-order valence-electron chi connectivity index (χ3n) is 6.52. The van der Waals surface area contributed by atoms with Crippen molar-refractivity contribution in [3.05, 3.63) is 59.7 Å². The standard InChI is InChI=1S/C27H36N4O4/c1-5-19(3)28-26(33)24(30-25(32)21-8-12-23(35-4)13-9-21)20-14-16-31(17-15-20)27(34)29-22-10-6-18(2)7-11-22/h6-13,19-20,24H,5,14-17H2,1-4H3,(H,28,33)(H,29,34)(H,30,32)/t19-,24-/m1/s1. The second-order valence-electron chi connectivity index (χ2n) is 9.12. The number of hydrogen-bond donors (Lipinski definition) is 3. The Labute approximate surface area is 207 Å². The molecule has 4 amide bonds. The van der Waals surface area contributed by atoms with Gasteiger partial charge >= 0.3 is 6.03 Å². The number of ether oxygens (including phenoxy) is 1. The molecule has 2 atom stereocenters. The Morgan fingerprint density at radius 3 is 2.20 bits per heavy atom. The third-order valence-corrected chi connectivity index (χ3v) is 6.52. The fraction of sp³-hybridized carbons (Fsp3) is 0.444. The Morgan fingerprint density at radius 2 is 1.63 bits per heavy atom. The van der Waals surface area contributed by atoms with Gasteiger partial charge < -0.3 is 25.6 Å². The van der Waals surface area contributed by atoms with Crippen molar-refractivity contribution in [2.24, 2.45) is 5.92 Å². The highest BCUT2D eigenvalue weighted by atomic mass is 16.5. The maximum absolute atomic E-state index is 13.1. The Hall–Kier alpha value is -3.55. The lowest BCUT2D eigenvalue weighted by atomic mass is 9.88. The molecule has 0 bridgehead atoms. The second-order valence-corrected chi connectivity index (χ2v) is 9.12. The van der Waals surface area contributed by atoms with Crippen LogP contribution >= 0.6 is 0 Å². The van der Waals surface area contributed by atoms with E-state index in [-0.39, 0.29) is 29.8 Å². The second kappa shape index (κ2) is 12.2. The Balaban J connectivity index is 1.65. The molecule has 0 aromatic heterocycles.